The first-order chi connectivity index (χ1) is 11.6. The van der Waals surface area contributed by atoms with Gasteiger partial charge in [-0.3, -0.25) is 14.0 Å². The van der Waals surface area contributed by atoms with E-state index in [9.17, 15) is 9.59 Å². The van der Waals surface area contributed by atoms with Gasteiger partial charge >= 0.3 is 0 Å². The molecule has 1 fully saturated rings. The topological polar surface area (TPSA) is 54.7 Å². The van der Waals surface area contributed by atoms with Crippen molar-refractivity contribution in [3.8, 4) is 0 Å². The third-order valence-electron chi connectivity index (χ3n) is 4.64. The van der Waals surface area contributed by atoms with Crippen LogP contribution in [0.4, 0.5) is 0 Å². The van der Waals surface area contributed by atoms with Crippen LogP contribution in [-0.4, -0.2) is 33.3 Å². The summed E-state index contributed by atoms with van der Waals surface area (Å²) >= 11 is 1.33. The maximum absolute atomic E-state index is 12.8. The first-order valence-corrected chi connectivity index (χ1v) is 9.17. The number of carbonyl (C=O) groups is 1. The number of nitrogens with zero attached hydrogens (tertiary/aromatic N) is 3. The largest absolute Gasteiger partial charge is 0.338 e. The molecule has 24 heavy (non-hydrogen) atoms. The Morgan fingerprint density at radius 1 is 1.21 bits per heavy atom. The fourth-order valence-electron chi connectivity index (χ4n) is 3.29. The number of thiophene rings is 1. The SMILES string of the molecule is Cc1cccn2c(=O)c3cc(C(=O)N4CCCCCC4)sc3nc12. The summed E-state index contributed by atoms with van der Waals surface area (Å²) in [6.07, 6.45) is 6.21. The van der Waals surface area contributed by atoms with Gasteiger partial charge < -0.3 is 4.90 Å². The molecule has 0 aromatic carbocycles. The van der Waals surface area contributed by atoms with Gasteiger partial charge in [-0.25, -0.2) is 4.98 Å². The predicted octanol–water partition coefficient (Wildman–Crippen LogP) is 3.23. The third-order valence-corrected chi connectivity index (χ3v) is 5.65. The molecule has 1 saturated heterocycles. The number of aromatic nitrogens is 2. The summed E-state index contributed by atoms with van der Waals surface area (Å²) in [7, 11) is 0. The van der Waals surface area contributed by atoms with E-state index in [0.717, 1.165) is 31.5 Å². The molecule has 3 aromatic heterocycles. The van der Waals surface area contributed by atoms with E-state index in [-0.39, 0.29) is 11.5 Å². The standard InChI is InChI=1S/C18H19N3O2S/c1-12-7-6-10-21-15(12)19-16-13(17(21)22)11-14(24-16)18(23)20-8-4-2-3-5-9-20/h6-7,10-11H,2-5,8-9H2,1H3. The van der Waals surface area contributed by atoms with Gasteiger partial charge in [0.25, 0.3) is 11.5 Å². The van der Waals surface area contributed by atoms with E-state index in [1.165, 1.54) is 24.2 Å². The molecule has 0 spiro atoms. The summed E-state index contributed by atoms with van der Waals surface area (Å²) in [5, 5.41) is 0.529. The molecular weight excluding hydrogens is 322 g/mol. The highest BCUT2D eigenvalue weighted by atomic mass is 32.1. The van der Waals surface area contributed by atoms with Crippen molar-refractivity contribution in [3.05, 3.63) is 45.2 Å². The van der Waals surface area contributed by atoms with Crippen molar-refractivity contribution >= 4 is 33.1 Å². The van der Waals surface area contributed by atoms with Crippen molar-refractivity contribution in [1.82, 2.24) is 14.3 Å². The molecule has 6 heteroatoms. The predicted molar refractivity (Wildman–Crippen MR) is 96.0 cm³/mol. The molecule has 5 nitrogen and oxygen atoms in total. The van der Waals surface area contributed by atoms with Crippen molar-refractivity contribution in [1.29, 1.82) is 0 Å². The summed E-state index contributed by atoms with van der Waals surface area (Å²) in [4.78, 5) is 33.3. The summed E-state index contributed by atoms with van der Waals surface area (Å²) in [5.74, 6) is 0.0325. The lowest BCUT2D eigenvalue weighted by Gasteiger charge is -2.19. The van der Waals surface area contributed by atoms with Crippen LogP contribution in [0.25, 0.3) is 15.9 Å². The van der Waals surface area contributed by atoms with Gasteiger partial charge in [-0.15, -0.1) is 11.3 Å². The zero-order valence-corrected chi connectivity index (χ0v) is 14.4. The van der Waals surface area contributed by atoms with E-state index in [1.54, 1.807) is 16.7 Å². The number of fused-ring (bicyclic) bond motifs is 2. The van der Waals surface area contributed by atoms with Gasteiger partial charge in [-0.05, 0) is 37.5 Å². The quantitative estimate of drug-likeness (QED) is 0.683. The zero-order valence-electron chi connectivity index (χ0n) is 13.6. The van der Waals surface area contributed by atoms with E-state index in [2.05, 4.69) is 4.98 Å². The van der Waals surface area contributed by atoms with Gasteiger partial charge in [0.05, 0.1) is 10.3 Å². The zero-order chi connectivity index (χ0) is 16.7. The van der Waals surface area contributed by atoms with Crippen molar-refractivity contribution < 1.29 is 4.79 Å². The van der Waals surface area contributed by atoms with Crippen LogP contribution in [0.5, 0.6) is 0 Å². The molecule has 124 valence electrons. The highest BCUT2D eigenvalue weighted by Crippen LogP contribution is 2.25. The Balaban J connectivity index is 1.82. The fraction of sp³-hybridized carbons (Fsp3) is 0.389. The lowest BCUT2D eigenvalue weighted by molar-refractivity contribution is 0.0766. The van der Waals surface area contributed by atoms with Crippen molar-refractivity contribution in [3.63, 3.8) is 0 Å². The molecular formula is C18H19N3O2S. The molecule has 1 aliphatic heterocycles. The molecule has 4 heterocycles. The number of aryl methyl sites for hydroxylation is 1. The molecule has 0 atom stereocenters. The summed E-state index contributed by atoms with van der Waals surface area (Å²) in [6, 6.07) is 5.49. The lowest BCUT2D eigenvalue weighted by Crippen LogP contribution is -2.31. The average Bonchev–Trinajstić information content (AvgIpc) is 2.83. The molecule has 4 rings (SSSR count). The first kappa shape index (κ1) is 15.3. The maximum Gasteiger partial charge on any atom is 0.266 e. The second-order valence-corrected chi connectivity index (χ2v) is 7.37. The minimum atomic E-state index is -0.107. The van der Waals surface area contributed by atoms with Gasteiger partial charge in [0, 0.05) is 19.3 Å². The highest BCUT2D eigenvalue weighted by molar-refractivity contribution is 7.20. The molecule has 3 aromatic rings. The number of carbonyl (C=O) groups excluding carboxylic acids is 1. The number of hydrogen-bond acceptors (Lipinski definition) is 4. The first-order valence-electron chi connectivity index (χ1n) is 8.36. The van der Waals surface area contributed by atoms with E-state index in [4.69, 9.17) is 0 Å². The van der Waals surface area contributed by atoms with Gasteiger partial charge in [0.15, 0.2) is 0 Å². The van der Waals surface area contributed by atoms with E-state index >= 15 is 0 Å². The summed E-state index contributed by atoms with van der Waals surface area (Å²) < 4.78 is 1.56. The van der Waals surface area contributed by atoms with Crippen LogP contribution in [0.15, 0.2) is 29.2 Å². The summed E-state index contributed by atoms with van der Waals surface area (Å²) in [6.45, 7) is 3.55. The number of amides is 1. The van der Waals surface area contributed by atoms with Crippen LogP contribution < -0.4 is 5.56 Å². The molecule has 1 amide bonds. The molecule has 0 unspecified atom stereocenters. The maximum atomic E-state index is 12.8. The van der Waals surface area contributed by atoms with E-state index < -0.39 is 0 Å². The smallest absolute Gasteiger partial charge is 0.266 e. The second kappa shape index (κ2) is 6.02. The van der Waals surface area contributed by atoms with Gasteiger partial charge in [-0.2, -0.15) is 0 Å². The normalized spacial score (nSPS) is 15.8. The van der Waals surface area contributed by atoms with Gasteiger partial charge in [0.2, 0.25) is 0 Å². The van der Waals surface area contributed by atoms with Crippen LogP contribution >= 0.6 is 11.3 Å². The number of hydrogen-bond donors (Lipinski definition) is 0. The molecule has 0 aliphatic carbocycles. The van der Waals surface area contributed by atoms with Crippen molar-refractivity contribution in [2.24, 2.45) is 0 Å². The Morgan fingerprint density at radius 2 is 1.96 bits per heavy atom. The monoisotopic (exact) mass is 341 g/mol. The summed E-state index contributed by atoms with van der Waals surface area (Å²) in [5.41, 5.74) is 1.50. The Morgan fingerprint density at radius 3 is 2.71 bits per heavy atom. The van der Waals surface area contributed by atoms with Crippen molar-refractivity contribution in [2.75, 3.05) is 13.1 Å². The van der Waals surface area contributed by atoms with Gasteiger partial charge in [-0.1, -0.05) is 18.9 Å². The van der Waals surface area contributed by atoms with Crippen LogP contribution in [0.1, 0.15) is 40.9 Å². The molecule has 1 aliphatic rings. The van der Waals surface area contributed by atoms with Crippen LogP contribution in [0.3, 0.4) is 0 Å². The number of rotatable bonds is 1. The van der Waals surface area contributed by atoms with Gasteiger partial charge in [0.1, 0.15) is 10.5 Å². The van der Waals surface area contributed by atoms with Crippen LogP contribution in [0.2, 0.25) is 0 Å². The third kappa shape index (κ3) is 2.51. The number of pyridine rings is 1. The second-order valence-electron chi connectivity index (χ2n) is 6.34. The van der Waals surface area contributed by atoms with E-state index in [0.29, 0.717) is 20.7 Å². The lowest BCUT2D eigenvalue weighted by atomic mass is 10.2. The minimum absolute atomic E-state index is 0.0325. The minimum Gasteiger partial charge on any atom is -0.338 e. The van der Waals surface area contributed by atoms with Crippen LogP contribution in [0, 0.1) is 6.92 Å². The Kier molecular flexibility index (Phi) is 3.84. The average molecular weight is 341 g/mol. The Hall–Kier alpha value is -2.21. The number of likely N-dealkylation sites (tertiary alicyclic amines) is 1. The Labute approximate surface area is 143 Å². The van der Waals surface area contributed by atoms with Crippen LogP contribution in [-0.2, 0) is 0 Å². The molecule has 0 N–H and O–H groups in total. The fourth-order valence-corrected chi connectivity index (χ4v) is 4.28. The molecule has 0 saturated carbocycles. The highest BCUT2D eigenvalue weighted by Gasteiger charge is 2.21. The molecule has 0 radical (unpaired) electrons. The Bertz CT molecular complexity index is 981. The molecule has 0 bridgehead atoms. The van der Waals surface area contributed by atoms with E-state index in [1.807, 2.05) is 24.0 Å². The van der Waals surface area contributed by atoms with Crippen molar-refractivity contribution in [2.45, 2.75) is 32.6 Å².